The Labute approximate surface area is 218 Å². The highest BCUT2D eigenvalue weighted by atomic mass is 35.5. The van der Waals surface area contributed by atoms with E-state index < -0.39 is 28.5 Å². The van der Waals surface area contributed by atoms with Gasteiger partial charge in [-0.15, -0.1) is 0 Å². The maximum Gasteiger partial charge on any atom is 0.244 e. The molecule has 3 aromatic carbocycles. The Morgan fingerprint density at radius 1 is 1.03 bits per heavy atom. The summed E-state index contributed by atoms with van der Waals surface area (Å²) in [7, 11) is -3.82. The molecule has 0 aliphatic heterocycles. The van der Waals surface area contributed by atoms with Crippen LogP contribution < -0.4 is 9.62 Å². The highest BCUT2D eigenvalue weighted by Crippen LogP contribution is 2.28. The largest absolute Gasteiger partial charge is 0.354 e. The predicted molar refractivity (Wildman–Crippen MR) is 146 cm³/mol. The van der Waals surface area contributed by atoms with Crippen molar-refractivity contribution >= 4 is 49.9 Å². The molecular formula is C27H32ClN3O4S. The molecule has 1 unspecified atom stereocenters. The van der Waals surface area contributed by atoms with Gasteiger partial charge in [0.2, 0.25) is 21.8 Å². The Kier molecular flexibility index (Phi) is 9.34. The van der Waals surface area contributed by atoms with Crippen LogP contribution in [0.1, 0.15) is 32.3 Å². The molecule has 0 aromatic heterocycles. The molecule has 0 saturated carbocycles. The van der Waals surface area contributed by atoms with Gasteiger partial charge in [0.15, 0.2) is 0 Å². The van der Waals surface area contributed by atoms with Crippen LogP contribution in [0.3, 0.4) is 0 Å². The highest BCUT2D eigenvalue weighted by molar-refractivity contribution is 7.92. The smallest absolute Gasteiger partial charge is 0.244 e. The van der Waals surface area contributed by atoms with Gasteiger partial charge in [0.05, 0.1) is 11.9 Å². The zero-order valence-corrected chi connectivity index (χ0v) is 22.3. The number of hydrogen-bond acceptors (Lipinski definition) is 4. The van der Waals surface area contributed by atoms with Crippen LogP contribution in [0.15, 0.2) is 66.7 Å². The molecule has 192 valence electrons. The van der Waals surface area contributed by atoms with E-state index in [1.165, 1.54) is 4.90 Å². The lowest BCUT2D eigenvalue weighted by Crippen LogP contribution is -2.51. The fourth-order valence-corrected chi connectivity index (χ4v) is 5.05. The molecular weight excluding hydrogens is 498 g/mol. The van der Waals surface area contributed by atoms with Gasteiger partial charge in [-0.05, 0) is 42.5 Å². The average Bonchev–Trinajstić information content (AvgIpc) is 2.84. The first kappa shape index (κ1) is 27.5. The Hall–Kier alpha value is -3.10. The molecule has 9 heteroatoms. The molecule has 0 spiro atoms. The van der Waals surface area contributed by atoms with Crippen LogP contribution in [-0.2, 0) is 26.2 Å². The second-order valence-corrected chi connectivity index (χ2v) is 11.1. The second kappa shape index (κ2) is 12.2. The van der Waals surface area contributed by atoms with Crippen molar-refractivity contribution in [1.29, 1.82) is 0 Å². The van der Waals surface area contributed by atoms with Crippen LogP contribution in [0.4, 0.5) is 5.69 Å². The van der Waals surface area contributed by atoms with Crippen molar-refractivity contribution in [2.24, 2.45) is 0 Å². The maximum absolute atomic E-state index is 13.7. The van der Waals surface area contributed by atoms with Crippen molar-refractivity contribution in [3.8, 4) is 0 Å². The van der Waals surface area contributed by atoms with Gasteiger partial charge in [-0.1, -0.05) is 73.5 Å². The standard InChI is InChI=1S/C27H32ClN3O4S/c1-4-5-16-29-27(33)20(2)30(18-21-10-8-13-23(28)17-21)26(32)19-31(36(3,34)35)25-15-9-12-22-11-6-7-14-24(22)25/h6-15,17,20H,4-5,16,18-19H2,1-3H3,(H,29,33). The molecule has 0 heterocycles. The summed E-state index contributed by atoms with van der Waals surface area (Å²) in [4.78, 5) is 28.0. The molecule has 0 saturated heterocycles. The van der Waals surface area contributed by atoms with E-state index in [-0.39, 0.29) is 12.5 Å². The molecule has 2 amide bonds. The molecule has 0 bridgehead atoms. The minimum Gasteiger partial charge on any atom is -0.354 e. The number of nitrogens with zero attached hydrogens (tertiary/aromatic N) is 2. The Bertz CT molecular complexity index is 1320. The number of carbonyl (C=O) groups excluding carboxylic acids is 2. The molecule has 1 N–H and O–H groups in total. The van der Waals surface area contributed by atoms with Crippen molar-refractivity contribution in [2.75, 3.05) is 23.7 Å². The lowest BCUT2D eigenvalue weighted by atomic mass is 10.1. The van der Waals surface area contributed by atoms with Crippen LogP contribution in [0.5, 0.6) is 0 Å². The van der Waals surface area contributed by atoms with Crippen LogP contribution in [0, 0.1) is 0 Å². The van der Waals surface area contributed by atoms with Crippen LogP contribution >= 0.6 is 11.6 Å². The summed E-state index contributed by atoms with van der Waals surface area (Å²) >= 11 is 6.14. The predicted octanol–water partition coefficient (Wildman–Crippen LogP) is 4.59. The van der Waals surface area contributed by atoms with Gasteiger partial charge < -0.3 is 10.2 Å². The number of amides is 2. The number of unbranched alkanes of at least 4 members (excludes halogenated alkanes) is 1. The number of fused-ring (bicyclic) bond motifs is 1. The van der Waals surface area contributed by atoms with E-state index in [0.717, 1.165) is 34.4 Å². The summed E-state index contributed by atoms with van der Waals surface area (Å²) in [5.41, 5.74) is 1.15. The number of nitrogens with one attached hydrogen (secondary N) is 1. The van der Waals surface area contributed by atoms with E-state index >= 15 is 0 Å². The van der Waals surface area contributed by atoms with Crippen LogP contribution in [-0.4, -0.2) is 50.5 Å². The summed E-state index contributed by atoms with van der Waals surface area (Å²) in [6.45, 7) is 3.84. The van der Waals surface area contributed by atoms with Crippen LogP contribution in [0.2, 0.25) is 5.02 Å². The average molecular weight is 530 g/mol. The summed E-state index contributed by atoms with van der Waals surface area (Å²) in [6.07, 6.45) is 2.82. The van der Waals surface area contributed by atoms with Gasteiger partial charge in [0, 0.05) is 23.5 Å². The summed E-state index contributed by atoms with van der Waals surface area (Å²) in [5, 5.41) is 4.94. The third kappa shape index (κ3) is 6.98. The van der Waals surface area contributed by atoms with E-state index in [1.807, 2.05) is 43.3 Å². The van der Waals surface area contributed by atoms with Crippen LogP contribution in [0.25, 0.3) is 10.8 Å². The van der Waals surface area contributed by atoms with Gasteiger partial charge in [-0.2, -0.15) is 0 Å². The molecule has 1 atom stereocenters. The lowest BCUT2D eigenvalue weighted by molar-refractivity contribution is -0.139. The van der Waals surface area contributed by atoms with E-state index in [0.29, 0.717) is 22.6 Å². The van der Waals surface area contributed by atoms with Gasteiger partial charge in [-0.25, -0.2) is 8.42 Å². The Balaban J connectivity index is 1.96. The number of sulfonamides is 1. The normalized spacial score (nSPS) is 12.2. The summed E-state index contributed by atoms with van der Waals surface area (Å²) in [5.74, 6) is -0.790. The fraction of sp³-hybridized carbons (Fsp3) is 0.333. The first-order valence-electron chi connectivity index (χ1n) is 11.9. The van der Waals surface area contributed by atoms with Gasteiger partial charge in [0.1, 0.15) is 12.6 Å². The van der Waals surface area contributed by atoms with Gasteiger partial charge in [0.25, 0.3) is 0 Å². The van der Waals surface area contributed by atoms with Crippen molar-refractivity contribution in [3.05, 3.63) is 77.3 Å². The number of anilines is 1. The monoisotopic (exact) mass is 529 g/mol. The Morgan fingerprint density at radius 3 is 2.42 bits per heavy atom. The maximum atomic E-state index is 13.7. The minimum absolute atomic E-state index is 0.106. The third-order valence-corrected chi connectivity index (χ3v) is 7.31. The molecule has 0 aliphatic rings. The topological polar surface area (TPSA) is 86.8 Å². The van der Waals surface area contributed by atoms with Crippen molar-refractivity contribution in [3.63, 3.8) is 0 Å². The quantitative estimate of drug-likeness (QED) is 0.368. The molecule has 36 heavy (non-hydrogen) atoms. The molecule has 3 aromatic rings. The third-order valence-electron chi connectivity index (χ3n) is 5.95. The molecule has 3 rings (SSSR count). The second-order valence-electron chi connectivity index (χ2n) is 8.74. The van der Waals surface area contributed by atoms with Crippen molar-refractivity contribution in [1.82, 2.24) is 10.2 Å². The van der Waals surface area contributed by atoms with Crippen molar-refractivity contribution in [2.45, 2.75) is 39.3 Å². The molecule has 0 fully saturated rings. The fourth-order valence-electron chi connectivity index (χ4n) is 3.97. The number of benzene rings is 3. The SMILES string of the molecule is CCCCNC(=O)C(C)N(Cc1cccc(Cl)c1)C(=O)CN(c1cccc2ccccc12)S(C)(=O)=O. The zero-order chi connectivity index (χ0) is 26.3. The van der Waals surface area contributed by atoms with Gasteiger partial charge in [-0.3, -0.25) is 13.9 Å². The molecule has 0 radical (unpaired) electrons. The first-order valence-corrected chi connectivity index (χ1v) is 14.1. The number of carbonyl (C=O) groups is 2. The molecule has 7 nitrogen and oxygen atoms in total. The van der Waals surface area contributed by atoms with E-state index in [9.17, 15) is 18.0 Å². The Morgan fingerprint density at radius 2 is 1.72 bits per heavy atom. The van der Waals surface area contributed by atoms with E-state index in [1.54, 1.807) is 37.3 Å². The van der Waals surface area contributed by atoms with Crippen molar-refractivity contribution < 1.29 is 18.0 Å². The summed E-state index contributed by atoms with van der Waals surface area (Å²) in [6, 6.07) is 18.9. The van der Waals surface area contributed by atoms with Gasteiger partial charge >= 0.3 is 0 Å². The number of hydrogen-bond donors (Lipinski definition) is 1. The lowest BCUT2D eigenvalue weighted by Gasteiger charge is -2.32. The highest BCUT2D eigenvalue weighted by Gasteiger charge is 2.30. The van der Waals surface area contributed by atoms with E-state index in [4.69, 9.17) is 11.6 Å². The minimum atomic E-state index is -3.82. The number of rotatable bonds is 11. The zero-order valence-electron chi connectivity index (χ0n) is 20.8. The number of halogens is 1. The first-order chi connectivity index (χ1) is 17.1. The van der Waals surface area contributed by atoms with E-state index in [2.05, 4.69) is 5.32 Å². The molecule has 0 aliphatic carbocycles. The summed E-state index contributed by atoms with van der Waals surface area (Å²) < 4.78 is 26.8.